The van der Waals surface area contributed by atoms with Crippen LogP contribution in [0.15, 0.2) is 28.7 Å². The molecule has 0 saturated carbocycles. The van der Waals surface area contributed by atoms with E-state index < -0.39 is 0 Å². The van der Waals surface area contributed by atoms with Gasteiger partial charge in [-0.3, -0.25) is 0 Å². The molecule has 0 aliphatic heterocycles. The second kappa shape index (κ2) is 10.4. The van der Waals surface area contributed by atoms with E-state index in [1.807, 2.05) is 6.07 Å². The van der Waals surface area contributed by atoms with E-state index in [2.05, 4.69) is 34.1 Å². The molecule has 0 bridgehead atoms. The first-order chi connectivity index (χ1) is 9.27. The van der Waals surface area contributed by atoms with E-state index in [1.54, 1.807) is 7.11 Å². The first kappa shape index (κ1) is 16.6. The zero-order valence-corrected chi connectivity index (χ0v) is 13.2. The average Bonchev–Trinajstić information content (AvgIpc) is 2.43. The van der Waals surface area contributed by atoms with Crippen LogP contribution in [0.4, 0.5) is 0 Å². The number of methoxy groups -OCH3 is 1. The van der Waals surface area contributed by atoms with Crippen molar-refractivity contribution in [2.75, 3.05) is 33.5 Å². The van der Waals surface area contributed by atoms with Crippen molar-refractivity contribution in [3.05, 3.63) is 34.3 Å². The molecule has 0 saturated heterocycles. The summed E-state index contributed by atoms with van der Waals surface area (Å²) >= 11 is 3.58. The number of rotatable bonds is 10. The van der Waals surface area contributed by atoms with E-state index in [-0.39, 0.29) is 0 Å². The molecule has 0 radical (unpaired) electrons. The molecule has 0 aliphatic rings. The summed E-state index contributed by atoms with van der Waals surface area (Å²) in [6, 6.07) is 8.34. The molecule has 1 rings (SSSR count). The molecule has 4 heteroatoms. The quantitative estimate of drug-likeness (QED) is 0.671. The number of halogens is 1. The van der Waals surface area contributed by atoms with Crippen molar-refractivity contribution >= 4 is 15.9 Å². The molecule has 0 heterocycles. The van der Waals surface area contributed by atoms with E-state index in [0.29, 0.717) is 19.1 Å². The van der Waals surface area contributed by atoms with Crippen LogP contribution in [0.3, 0.4) is 0 Å². The van der Waals surface area contributed by atoms with Crippen LogP contribution in [0, 0.1) is 5.92 Å². The highest BCUT2D eigenvalue weighted by Gasteiger charge is 2.09. The average molecular weight is 330 g/mol. The molecule has 108 valence electrons. The molecule has 3 nitrogen and oxygen atoms in total. The molecule has 0 spiro atoms. The summed E-state index contributed by atoms with van der Waals surface area (Å²) < 4.78 is 11.6. The number of benzene rings is 1. The smallest absolute Gasteiger partial charge is 0.0700 e. The minimum absolute atomic E-state index is 0.518. The summed E-state index contributed by atoms with van der Waals surface area (Å²) in [5.41, 5.74) is 7.19. The van der Waals surface area contributed by atoms with Crippen LogP contribution < -0.4 is 5.73 Å². The highest BCUT2D eigenvalue weighted by atomic mass is 79.9. The molecule has 1 aromatic rings. The van der Waals surface area contributed by atoms with Crippen LogP contribution in [0.2, 0.25) is 0 Å². The zero-order chi connectivity index (χ0) is 13.9. The van der Waals surface area contributed by atoms with Crippen LogP contribution >= 0.6 is 15.9 Å². The minimum atomic E-state index is 0.518. The van der Waals surface area contributed by atoms with Gasteiger partial charge in [0.15, 0.2) is 0 Å². The Morgan fingerprint density at radius 1 is 1.21 bits per heavy atom. The zero-order valence-electron chi connectivity index (χ0n) is 11.6. The van der Waals surface area contributed by atoms with Crippen LogP contribution in [-0.4, -0.2) is 33.5 Å². The Morgan fingerprint density at radius 2 is 2.00 bits per heavy atom. The summed E-state index contributed by atoms with van der Waals surface area (Å²) in [4.78, 5) is 0. The van der Waals surface area contributed by atoms with E-state index in [0.717, 1.165) is 32.4 Å². The molecule has 0 aliphatic carbocycles. The minimum Gasteiger partial charge on any atom is -0.382 e. The van der Waals surface area contributed by atoms with Gasteiger partial charge in [0.2, 0.25) is 0 Å². The normalized spacial score (nSPS) is 12.6. The van der Waals surface area contributed by atoms with Crippen LogP contribution in [0.1, 0.15) is 18.4 Å². The molecule has 0 fully saturated rings. The van der Waals surface area contributed by atoms with Gasteiger partial charge in [0.25, 0.3) is 0 Å². The van der Waals surface area contributed by atoms with Gasteiger partial charge in [0.1, 0.15) is 0 Å². The number of ether oxygens (including phenoxy) is 2. The van der Waals surface area contributed by atoms with Crippen molar-refractivity contribution in [1.29, 1.82) is 0 Å². The summed E-state index contributed by atoms with van der Waals surface area (Å²) in [5.74, 6) is 0.518. The lowest BCUT2D eigenvalue weighted by Gasteiger charge is -2.15. The molecule has 0 aromatic heterocycles. The van der Waals surface area contributed by atoms with Crippen molar-refractivity contribution < 1.29 is 9.47 Å². The predicted octanol–water partition coefficient (Wildman–Crippen LogP) is 3.01. The van der Waals surface area contributed by atoms with Crippen molar-refractivity contribution in [3.8, 4) is 0 Å². The van der Waals surface area contributed by atoms with E-state index in [1.165, 1.54) is 10.0 Å². The largest absolute Gasteiger partial charge is 0.382 e. The molecule has 1 aromatic carbocycles. The van der Waals surface area contributed by atoms with Crippen molar-refractivity contribution in [3.63, 3.8) is 0 Å². The Bertz CT molecular complexity index is 347. The number of hydrogen-bond donors (Lipinski definition) is 1. The van der Waals surface area contributed by atoms with Gasteiger partial charge in [-0.15, -0.1) is 0 Å². The maximum absolute atomic E-state index is 5.86. The Morgan fingerprint density at radius 3 is 2.68 bits per heavy atom. The van der Waals surface area contributed by atoms with Gasteiger partial charge in [-0.2, -0.15) is 0 Å². The van der Waals surface area contributed by atoms with Crippen LogP contribution in [-0.2, 0) is 15.9 Å². The standard InChI is InChI=1S/C15H24BrNO2/c1-18-9-10-19-8-4-5-13(12-17)11-14-6-2-3-7-15(14)16/h2-3,6-7,13H,4-5,8-12,17H2,1H3. The molecule has 1 unspecified atom stereocenters. The van der Waals surface area contributed by atoms with Crippen LogP contribution in [0.5, 0.6) is 0 Å². The lowest BCUT2D eigenvalue weighted by Crippen LogP contribution is -2.18. The molecule has 19 heavy (non-hydrogen) atoms. The lowest BCUT2D eigenvalue weighted by atomic mass is 9.95. The highest BCUT2D eigenvalue weighted by molar-refractivity contribution is 9.10. The van der Waals surface area contributed by atoms with Gasteiger partial charge >= 0.3 is 0 Å². The summed E-state index contributed by atoms with van der Waals surface area (Å²) in [7, 11) is 1.69. The fourth-order valence-corrected chi connectivity index (χ4v) is 2.44. The number of nitrogens with two attached hydrogens (primary N) is 1. The van der Waals surface area contributed by atoms with E-state index in [9.17, 15) is 0 Å². The highest BCUT2D eigenvalue weighted by Crippen LogP contribution is 2.21. The lowest BCUT2D eigenvalue weighted by molar-refractivity contribution is 0.0673. The first-order valence-electron chi connectivity index (χ1n) is 6.78. The van der Waals surface area contributed by atoms with Crippen LogP contribution in [0.25, 0.3) is 0 Å². The van der Waals surface area contributed by atoms with Gasteiger partial charge in [-0.05, 0) is 43.4 Å². The fraction of sp³-hybridized carbons (Fsp3) is 0.600. The maximum Gasteiger partial charge on any atom is 0.0700 e. The maximum atomic E-state index is 5.86. The Hall–Kier alpha value is -0.420. The van der Waals surface area contributed by atoms with Crippen molar-refractivity contribution in [2.45, 2.75) is 19.3 Å². The fourth-order valence-electron chi connectivity index (χ4n) is 2.00. The third-order valence-corrected chi connectivity index (χ3v) is 3.91. The Balaban J connectivity index is 2.24. The van der Waals surface area contributed by atoms with E-state index in [4.69, 9.17) is 15.2 Å². The second-order valence-corrected chi connectivity index (χ2v) is 5.50. The van der Waals surface area contributed by atoms with E-state index >= 15 is 0 Å². The summed E-state index contributed by atoms with van der Waals surface area (Å²) in [6.45, 7) is 2.85. The molecular weight excluding hydrogens is 306 g/mol. The molecular formula is C15H24BrNO2. The van der Waals surface area contributed by atoms with Gasteiger partial charge < -0.3 is 15.2 Å². The summed E-state index contributed by atoms with van der Waals surface area (Å²) in [5, 5.41) is 0. The SMILES string of the molecule is COCCOCCCC(CN)Cc1ccccc1Br. The monoisotopic (exact) mass is 329 g/mol. The van der Waals surface area contributed by atoms with Crippen molar-refractivity contribution in [2.24, 2.45) is 11.7 Å². The predicted molar refractivity (Wildman–Crippen MR) is 82.3 cm³/mol. The molecule has 1 atom stereocenters. The topological polar surface area (TPSA) is 44.5 Å². The Labute approximate surface area is 124 Å². The third-order valence-electron chi connectivity index (χ3n) is 3.13. The van der Waals surface area contributed by atoms with Gasteiger partial charge in [-0.1, -0.05) is 34.1 Å². The number of hydrogen-bond acceptors (Lipinski definition) is 3. The second-order valence-electron chi connectivity index (χ2n) is 4.64. The van der Waals surface area contributed by atoms with Gasteiger partial charge in [0.05, 0.1) is 13.2 Å². The van der Waals surface area contributed by atoms with Gasteiger partial charge in [-0.25, -0.2) is 0 Å². The first-order valence-corrected chi connectivity index (χ1v) is 7.57. The molecule has 0 amide bonds. The third kappa shape index (κ3) is 7.06. The van der Waals surface area contributed by atoms with Gasteiger partial charge in [0, 0.05) is 18.2 Å². The Kier molecular flexibility index (Phi) is 9.08. The van der Waals surface area contributed by atoms with Crippen molar-refractivity contribution in [1.82, 2.24) is 0 Å². The summed E-state index contributed by atoms with van der Waals surface area (Å²) in [6.07, 6.45) is 3.18. The molecule has 2 N–H and O–H groups in total.